The summed E-state index contributed by atoms with van der Waals surface area (Å²) in [5.74, 6) is 2.54. The minimum absolute atomic E-state index is 0.571. The summed E-state index contributed by atoms with van der Waals surface area (Å²) in [5, 5.41) is 17.2. The van der Waals surface area contributed by atoms with E-state index >= 15 is 0 Å². The molecule has 2 heterocycles. The highest BCUT2D eigenvalue weighted by Gasteiger charge is 2.07. The van der Waals surface area contributed by atoms with E-state index in [2.05, 4.69) is 51.3 Å². The van der Waals surface area contributed by atoms with E-state index in [1.54, 1.807) is 11.3 Å². The van der Waals surface area contributed by atoms with E-state index in [1.807, 2.05) is 36.7 Å². The number of guanidine groups is 1. The molecule has 0 spiro atoms. The fourth-order valence-corrected chi connectivity index (χ4v) is 3.29. The lowest BCUT2D eigenvalue weighted by atomic mass is 10.2. The summed E-state index contributed by atoms with van der Waals surface area (Å²) in [6.45, 7) is 6.02. The van der Waals surface area contributed by atoms with Crippen molar-refractivity contribution in [1.82, 2.24) is 25.4 Å². The van der Waals surface area contributed by atoms with Crippen LogP contribution in [0.4, 0.5) is 0 Å². The molecule has 6 nitrogen and oxygen atoms in total. The molecule has 3 aromatic rings. The Kier molecular flexibility index (Phi) is 6.01. The molecular formula is C19H24N6S. The minimum atomic E-state index is 0.571. The van der Waals surface area contributed by atoms with Crippen LogP contribution in [0, 0.1) is 13.8 Å². The second-order valence-corrected chi connectivity index (χ2v) is 7.11. The maximum Gasteiger partial charge on any atom is 0.192 e. The normalized spacial score (nSPS) is 11.6. The van der Waals surface area contributed by atoms with Gasteiger partial charge in [-0.2, -0.15) is 0 Å². The van der Waals surface area contributed by atoms with Crippen molar-refractivity contribution >= 4 is 17.3 Å². The molecule has 7 heteroatoms. The molecule has 0 aliphatic heterocycles. The molecule has 0 saturated heterocycles. The Morgan fingerprint density at radius 3 is 2.50 bits per heavy atom. The molecule has 0 radical (unpaired) electrons. The van der Waals surface area contributed by atoms with Gasteiger partial charge in [0, 0.05) is 11.9 Å². The zero-order valence-corrected chi connectivity index (χ0v) is 16.2. The Hall–Kier alpha value is -2.67. The van der Waals surface area contributed by atoms with Gasteiger partial charge in [-0.05, 0) is 36.4 Å². The molecule has 0 aliphatic carbocycles. The molecule has 136 valence electrons. The van der Waals surface area contributed by atoms with Gasteiger partial charge in [0.25, 0.3) is 0 Å². The van der Waals surface area contributed by atoms with Crippen molar-refractivity contribution in [2.75, 3.05) is 0 Å². The monoisotopic (exact) mass is 368 g/mol. The summed E-state index contributed by atoms with van der Waals surface area (Å²) in [5.41, 5.74) is 2.48. The molecule has 0 atom stereocenters. The molecule has 1 aromatic carbocycles. The molecule has 0 unspecified atom stereocenters. The zero-order valence-electron chi connectivity index (χ0n) is 15.4. The predicted molar refractivity (Wildman–Crippen MR) is 106 cm³/mol. The number of benzene rings is 1. The highest BCUT2D eigenvalue weighted by Crippen LogP contribution is 2.14. The Labute approximate surface area is 158 Å². The molecule has 0 fully saturated rings. The van der Waals surface area contributed by atoms with Crippen LogP contribution in [0.3, 0.4) is 0 Å². The van der Waals surface area contributed by atoms with E-state index in [9.17, 15) is 0 Å². The number of nitrogens with zero attached hydrogens (tertiary/aromatic N) is 4. The summed E-state index contributed by atoms with van der Waals surface area (Å²) < 4.78 is 1.98. The Morgan fingerprint density at radius 1 is 1.08 bits per heavy atom. The summed E-state index contributed by atoms with van der Waals surface area (Å²) in [7, 11) is 1.97. The first-order valence-corrected chi connectivity index (χ1v) is 9.45. The molecule has 3 rings (SSSR count). The number of rotatable bonds is 6. The summed E-state index contributed by atoms with van der Waals surface area (Å²) in [4.78, 5) is 6.03. The molecule has 0 amide bonds. The number of hydrogen-bond donors (Lipinski definition) is 2. The van der Waals surface area contributed by atoms with Gasteiger partial charge in [0.2, 0.25) is 0 Å². The van der Waals surface area contributed by atoms with Crippen molar-refractivity contribution in [3.63, 3.8) is 0 Å². The largest absolute Gasteiger partial charge is 0.351 e. The second-order valence-electron chi connectivity index (χ2n) is 6.11. The molecule has 26 heavy (non-hydrogen) atoms. The lowest BCUT2D eigenvalue weighted by molar-refractivity contribution is 0.715. The lowest BCUT2D eigenvalue weighted by Crippen LogP contribution is -2.37. The molecule has 2 N–H and O–H groups in total. The van der Waals surface area contributed by atoms with Crippen molar-refractivity contribution < 1.29 is 0 Å². The fraction of sp³-hybridized carbons (Fsp3) is 0.316. The standard InChI is InChI=1S/C19H24N6S/c1-14-9-10-26-17(14)12-21-19(20-11-16-7-5-4-6-8-16)22-13-18-24-23-15(2)25(18)3/h4-10H,11-13H2,1-3H3,(H2,20,21,22). The van der Waals surface area contributed by atoms with Crippen molar-refractivity contribution in [3.8, 4) is 0 Å². The minimum Gasteiger partial charge on any atom is -0.351 e. The first-order chi connectivity index (χ1) is 12.6. The quantitative estimate of drug-likeness (QED) is 0.519. The van der Waals surface area contributed by atoms with Crippen LogP contribution in [0.2, 0.25) is 0 Å². The van der Waals surface area contributed by atoms with Gasteiger partial charge in [0.1, 0.15) is 5.82 Å². The average molecular weight is 369 g/mol. The van der Waals surface area contributed by atoms with Crippen molar-refractivity contribution in [2.24, 2.45) is 12.0 Å². The lowest BCUT2D eigenvalue weighted by Gasteiger charge is -2.12. The van der Waals surface area contributed by atoms with Gasteiger partial charge in [-0.25, -0.2) is 4.99 Å². The summed E-state index contributed by atoms with van der Waals surface area (Å²) >= 11 is 1.75. The first-order valence-electron chi connectivity index (χ1n) is 8.57. The van der Waals surface area contributed by atoms with Crippen molar-refractivity contribution in [1.29, 1.82) is 0 Å². The highest BCUT2D eigenvalue weighted by atomic mass is 32.1. The molecule has 0 aliphatic rings. The SMILES string of the molecule is Cc1ccsc1CNC(=NCc1ccccc1)NCc1nnc(C)n1C. The van der Waals surface area contributed by atoms with Gasteiger partial charge in [-0.1, -0.05) is 30.3 Å². The number of hydrogen-bond acceptors (Lipinski definition) is 4. The van der Waals surface area contributed by atoms with Crippen LogP contribution in [-0.2, 0) is 26.7 Å². The third kappa shape index (κ3) is 4.70. The van der Waals surface area contributed by atoms with Crippen LogP contribution in [-0.4, -0.2) is 20.7 Å². The second kappa shape index (κ2) is 8.62. The average Bonchev–Trinajstić information content (AvgIpc) is 3.21. The highest BCUT2D eigenvalue weighted by molar-refractivity contribution is 7.10. The summed E-state index contributed by atoms with van der Waals surface area (Å²) in [6, 6.07) is 12.4. The van der Waals surface area contributed by atoms with E-state index in [1.165, 1.54) is 16.0 Å². The molecule has 0 saturated carbocycles. The maximum atomic E-state index is 4.72. The smallest absolute Gasteiger partial charge is 0.192 e. The van der Waals surface area contributed by atoms with Gasteiger partial charge in [0.15, 0.2) is 11.8 Å². The Balaban J connectivity index is 1.67. The number of nitrogens with one attached hydrogen (secondary N) is 2. The van der Waals surface area contributed by atoms with Crippen molar-refractivity contribution in [3.05, 3.63) is 69.4 Å². The number of thiophene rings is 1. The topological polar surface area (TPSA) is 67.1 Å². The van der Waals surface area contributed by atoms with Gasteiger partial charge < -0.3 is 15.2 Å². The van der Waals surface area contributed by atoms with Gasteiger partial charge in [-0.3, -0.25) is 0 Å². The zero-order chi connectivity index (χ0) is 18.4. The number of aliphatic imine (C=N–C) groups is 1. The van der Waals surface area contributed by atoms with Crippen LogP contribution < -0.4 is 10.6 Å². The number of aryl methyl sites for hydroxylation is 2. The fourth-order valence-electron chi connectivity index (χ4n) is 2.44. The third-order valence-corrected chi connectivity index (χ3v) is 5.27. The third-order valence-electron chi connectivity index (χ3n) is 4.24. The van der Waals surface area contributed by atoms with Crippen LogP contribution in [0.25, 0.3) is 0 Å². The molecule has 2 aromatic heterocycles. The van der Waals surface area contributed by atoms with Gasteiger partial charge in [0.05, 0.1) is 19.6 Å². The van der Waals surface area contributed by atoms with E-state index in [-0.39, 0.29) is 0 Å². The molecular weight excluding hydrogens is 344 g/mol. The Morgan fingerprint density at radius 2 is 1.85 bits per heavy atom. The van der Waals surface area contributed by atoms with Crippen molar-refractivity contribution in [2.45, 2.75) is 33.5 Å². The predicted octanol–water partition coefficient (Wildman–Crippen LogP) is 2.93. The van der Waals surface area contributed by atoms with Gasteiger partial charge >= 0.3 is 0 Å². The summed E-state index contributed by atoms with van der Waals surface area (Å²) in [6.07, 6.45) is 0. The van der Waals surface area contributed by atoms with E-state index in [4.69, 9.17) is 4.99 Å². The van der Waals surface area contributed by atoms with E-state index in [0.717, 1.165) is 24.2 Å². The van der Waals surface area contributed by atoms with Crippen LogP contribution in [0.5, 0.6) is 0 Å². The van der Waals surface area contributed by atoms with Gasteiger partial charge in [-0.15, -0.1) is 21.5 Å². The van der Waals surface area contributed by atoms with Crippen LogP contribution >= 0.6 is 11.3 Å². The first kappa shape index (κ1) is 18.1. The van der Waals surface area contributed by atoms with E-state index in [0.29, 0.717) is 13.1 Å². The molecule has 0 bridgehead atoms. The Bertz CT molecular complexity index is 865. The van der Waals surface area contributed by atoms with Crippen LogP contribution in [0.15, 0.2) is 46.8 Å². The van der Waals surface area contributed by atoms with Crippen LogP contribution in [0.1, 0.15) is 27.7 Å². The van der Waals surface area contributed by atoms with E-state index < -0.39 is 0 Å². The maximum absolute atomic E-state index is 4.72. The number of aromatic nitrogens is 3.